The van der Waals surface area contributed by atoms with Crippen LogP contribution < -0.4 is 10.6 Å². The van der Waals surface area contributed by atoms with E-state index < -0.39 is 0 Å². The van der Waals surface area contributed by atoms with E-state index in [9.17, 15) is 4.79 Å². The highest BCUT2D eigenvalue weighted by Crippen LogP contribution is 2.19. The molecule has 2 aromatic rings. The van der Waals surface area contributed by atoms with E-state index in [1.54, 1.807) is 0 Å². The zero-order valence-corrected chi connectivity index (χ0v) is 13.4. The smallest absolute Gasteiger partial charge is 0.251 e. The van der Waals surface area contributed by atoms with E-state index in [1.165, 1.54) is 9.75 Å². The largest absolute Gasteiger partial charge is 0.380 e. The second kappa shape index (κ2) is 7.84. The summed E-state index contributed by atoms with van der Waals surface area (Å²) in [6.45, 7) is 5.72. The third-order valence-corrected chi connectivity index (χ3v) is 4.42. The van der Waals surface area contributed by atoms with Gasteiger partial charge in [-0.2, -0.15) is 0 Å². The van der Waals surface area contributed by atoms with Crippen LogP contribution in [-0.4, -0.2) is 12.5 Å². The van der Waals surface area contributed by atoms with Crippen LogP contribution in [0, 0.1) is 0 Å². The lowest BCUT2D eigenvalue weighted by molar-refractivity contribution is 0.0953. The van der Waals surface area contributed by atoms with Crippen molar-refractivity contribution in [1.82, 2.24) is 5.32 Å². The minimum atomic E-state index is -0.00936. The number of benzene rings is 1. The zero-order chi connectivity index (χ0) is 15.1. The number of amides is 1. The van der Waals surface area contributed by atoms with Gasteiger partial charge in [-0.25, -0.2) is 0 Å². The third kappa shape index (κ3) is 4.60. The van der Waals surface area contributed by atoms with Crippen molar-refractivity contribution in [3.63, 3.8) is 0 Å². The van der Waals surface area contributed by atoms with Gasteiger partial charge < -0.3 is 10.6 Å². The monoisotopic (exact) mass is 302 g/mol. The lowest BCUT2D eigenvalue weighted by atomic mass is 10.2. The van der Waals surface area contributed by atoms with Gasteiger partial charge in [0.25, 0.3) is 5.91 Å². The molecule has 0 fully saturated rings. The van der Waals surface area contributed by atoms with Crippen LogP contribution in [0.3, 0.4) is 0 Å². The van der Waals surface area contributed by atoms with Crippen molar-refractivity contribution < 1.29 is 4.79 Å². The molecule has 0 unspecified atom stereocenters. The molecule has 0 saturated heterocycles. The van der Waals surface area contributed by atoms with E-state index in [2.05, 4.69) is 29.7 Å². The third-order valence-electron chi connectivity index (χ3n) is 3.19. The van der Waals surface area contributed by atoms with Gasteiger partial charge in [0.15, 0.2) is 0 Å². The molecule has 2 rings (SSSR count). The Hall–Kier alpha value is -1.81. The zero-order valence-electron chi connectivity index (χ0n) is 12.6. The molecule has 0 atom stereocenters. The molecule has 1 heterocycles. The Morgan fingerprint density at radius 1 is 1.14 bits per heavy atom. The Kier molecular flexibility index (Phi) is 5.81. The number of anilines is 1. The van der Waals surface area contributed by atoms with E-state index in [0.717, 1.165) is 25.1 Å². The Morgan fingerprint density at radius 3 is 2.67 bits per heavy atom. The first-order chi connectivity index (χ1) is 10.2. The maximum absolute atomic E-state index is 11.9. The van der Waals surface area contributed by atoms with Crippen LogP contribution in [-0.2, 0) is 13.0 Å². The summed E-state index contributed by atoms with van der Waals surface area (Å²) in [4.78, 5) is 14.7. The van der Waals surface area contributed by atoms with Crippen LogP contribution >= 0.6 is 11.3 Å². The molecular formula is C17H22N2OS. The summed E-state index contributed by atoms with van der Waals surface area (Å²) >= 11 is 1.83. The maximum atomic E-state index is 11.9. The SMILES string of the molecule is CCCNC(=O)c1cccc(NCc2ccc(CC)s2)c1. The Labute approximate surface area is 130 Å². The Morgan fingerprint density at radius 2 is 1.95 bits per heavy atom. The van der Waals surface area contributed by atoms with Crippen molar-refractivity contribution in [1.29, 1.82) is 0 Å². The van der Waals surface area contributed by atoms with Gasteiger partial charge in [0.05, 0.1) is 0 Å². The fraction of sp³-hybridized carbons (Fsp3) is 0.353. The van der Waals surface area contributed by atoms with Crippen molar-refractivity contribution in [3.8, 4) is 0 Å². The number of hydrogen-bond donors (Lipinski definition) is 2. The molecule has 0 saturated carbocycles. The van der Waals surface area contributed by atoms with Gasteiger partial charge in [0, 0.05) is 34.1 Å². The lowest BCUT2D eigenvalue weighted by Crippen LogP contribution is -2.23. The predicted molar refractivity (Wildman–Crippen MR) is 90.1 cm³/mol. The second-order valence-corrected chi connectivity index (χ2v) is 6.16. The summed E-state index contributed by atoms with van der Waals surface area (Å²) < 4.78 is 0. The number of thiophene rings is 1. The first kappa shape index (κ1) is 15.6. The van der Waals surface area contributed by atoms with Gasteiger partial charge in [-0.05, 0) is 43.2 Å². The highest BCUT2D eigenvalue weighted by atomic mass is 32.1. The van der Waals surface area contributed by atoms with E-state index in [0.29, 0.717) is 12.1 Å². The fourth-order valence-electron chi connectivity index (χ4n) is 2.01. The average Bonchev–Trinajstić information content (AvgIpc) is 2.99. The molecular weight excluding hydrogens is 280 g/mol. The van der Waals surface area contributed by atoms with E-state index in [1.807, 2.05) is 42.5 Å². The van der Waals surface area contributed by atoms with E-state index in [4.69, 9.17) is 0 Å². The van der Waals surface area contributed by atoms with E-state index in [-0.39, 0.29) is 5.91 Å². The molecule has 21 heavy (non-hydrogen) atoms. The number of carbonyl (C=O) groups excluding carboxylic acids is 1. The van der Waals surface area contributed by atoms with Gasteiger partial charge in [0.2, 0.25) is 0 Å². The van der Waals surface area contributed by atoms with E-state index >= 15 is 0 Å². The van der Waals surface area contributed by atoms with Gasteiger partial charge in [-0.15, -0.1) is 11.3 Å². The summed E-state index contributed by atoms with van der Waals surface area (Å²) in [6.07, 6.45) is 2.03. The minimum Gasteiger partial charge on any atom is -0.380 e. The molecule has 4 heteroatoms. The van der Waals surface area contributed by atoms with Gasteiger partial charge >= 0.3 is 0 Å². The standard InChI is InChI=1S/C17H22N2OS/c1-3-10-18-17(20)13-6-5-7-14(11-13)19-12-16-9-8-15(4-2)21-16/h5-9,11,19H,3-4,10,12H2,1-2H3,(H,18,20). The topological polar surface area (TPSA) is 41.1 Å². The van der Waals surface area contributed by atoms with Gasteiger partial charge in [-0.1, -0.05) is 19.9 Å². The van der Waals surface area contributed by atoms with Crippen LogP contribution in [0.1, 0.15) is 40.4 Å². The average molecular weight is 302 g/mol. The first-order valence-electron chi connectivity index (χ1n) is 7.42. The molecule has 0 spiro atoms. The molecule has 1 amide bonds. The summed E-state index contributed by atoms with van der Waals surface area (Å²) in [5, 5.41) is 6.28. The normalized spacial score (nSPS) is 10.4. The first-order valence-corrected chi connectivity index (χ1v) is 8.24. The van der Waals surface area contributed by atoms with Crippen LogP contribution in [0.25, 0.3) is 0 Å². The number of nitrogens with one attached hydrogen (secondary N) is 2. The minimum absolute atomic E-state index is 0.00936. The number of rotatable bonds is 7. The highest BCUT2D eigenvalue weighted by Gasteiger charge is 2.05. The molecule has 2 N–H and O–H groups in total. The maximum Gasteiger partial charge on any atom is 0.251 e. The quantitative estimate of drug-likeness (QED) is 0.809. The molecule has 3 nitrogen and oxygen atoms in total. The predicted octanol–water partition coefficient (Wildman–Crippen LogP) is 4.06. The second-order valence-electron chi connectivity index (χ2n) is 4.91. The Balaban J connectivity index is 1.95. The van der Waals surface area contributed by atoms with Crippen molar-refractivity contribution in [2.45, 2.75) is 33.2 Å². The number of aryl methyl sites for hydroxylation is 1. The van der Waals surface area contributed by atoms with Crippen LogP contribution in [0.15, 0.2) is 36.4 Å². The van der Waals surface area contributed by atoms with Crippen molar-refractivity contribution in [2.24, 2.45) is 0 Å². The summed E-state index contributed by atoms with van der Waals surface area (Å²) in [5.41, 5.74) is 1.68. The molecule has 1 aromatic heterocycles. The molecule has 1 aromatic carbocycles. The van der Waals surface area contributed by atoms with Crippen LogP contribution in [0.5, 0.6) is 0 Å². The molecule has 0 aliphatic heterocycles. The fourth-order valence-corrected chi connectivity index (χ4v) is 2.91. The molecule has 0 radical (unpaired) electrons. The Bertz CT molecular complexity index is 592. The van der Waals surface area contributed by atoms with Crippen molar-refractivity contribution in [2.75, 3.05) is 11.9 Å². The molecule has 0 aliphatic rings. The van der Waals surface area contributed by atoms with Crippen molar-refractivity contribution in [3.05, 3.63) is 51.7 Å². The highest BCUT2D eigenvalue weighted by molar-refractivity contribution is 7.12. The van der Waals surface area contributed by atoms with Gasteiger partial charge in [-0.3, -0.25) is 4.79 Å². The lowest BCUT2D eigenvalue weighted by Gasteiger charge is -2.08. The summed E-state index contributed by atoms with van der Waals surface area (Å²) in [5.74, 6) is -0.00936. The molecule has 0 bridgehead atoms. The van der Waals surface area contributed by atoms with Crippen LogP contribution in [0.4, 0.5) is 5.69 Å². The molecule has 112 valence electrons. The number of carbonyl (C=O) groups is 1. The summed E-state index contributed by atoms with van der Waals surface area (Å²) in [7, 11) is 0. The summed E-state index contributed by atoms with van der Waals surface area (Å²) in [6, 6.07) is 12.0. The van der Waals surface area contributed by atoms with Crippen LogP contribution in [0.2, 0.25) is 0 Å². The number of hydrogen-bond acceptors (Lipinski definition) is 3. The van der Waals surface area contributed by atoms with Gasteiger partial charge in [0.1, 0.15) is 0 Å². The molecule has 0 aliphatic carbocycles. The van der Waals surface area contributed by atoms with Crippen molar-refractivity contribution >= 4 is 22.9 Å².